The predicted molar refractivity (Wildman–Crippen MR) is 71.2 cm³/mol. The number of thioether (sulfide) groups is 1. The SMILES string of the molecule is CSc1nc(N)nc(-c2ccc(C)c(Cl)c2)n1. The number of hydrogen-bond donors (Lipinski definition) is 1. The molecule has 0 spiro atoms. The molecule has 88 valence electrons. The first-order chi connectivity index (χ1) is 8.10. The molecule has 0 bridgehead atoms. The fraction of sp³-hybridized carbons (Fsp3) is 0.182. The molecule has 0 aliphatic carbocycles. The lowest BCUT2D eigenvalue weighted by Gasteiger charge is -2.04. The number of halogens is 1. The van der Waals surface area contributed by atoms with E-state index in [1.165, 1.54) is 11.8 Å². The molecule has 1 heterocycles. The molecule has 6 heteroatoms. The van der Waals surface area contributed by atoms with E-state index in [0.29, 0.717) is 16.0 Å². The van der Waals surface area contributed by atoms with Crippen molar-refractivity contribution in [2.24, 2.45) is 0 Å². The molecule has 4 nitrogen and oxygen atoms in total. The lowest BCUT2D eigenvalue weighted by atomic mass is 10.1. The second-order valence-electron chi connectivity index (χ2n) is 3.47. The number of benzene rings is 1. The summed E-state index contributed by atoms with van der Waals surface area (Å²) in [6.07, 6.45) is 1.89. The van der Waals surface area contributed by atoms with Crippen LogP contribution in [-0.2, 0) is 0 Å². The van der Waals surface area contributed by atoms with E-state index in [4.69, 9.17) is 17.3 Å². The van der Waals surface area contributed by atoms with Gasteiger partial charge in [-0.2, -0.15) is 9.97 Å². The van der Waals surface area contributed by atoms with Crippen LogP contribution in [-0.4, -0.2) is 21.2 Å². The van der Waals surface area contributed by atoms with Crippen LogP contribution in [0.1, 0.15) is 5.56 Å². The molecule has 17 heavy (non-hydrogen) atoms. The van der Waals surface area contributed by atoms with Crippen molar-refractivity contribution >= 4 is 29.3 Å². The monoisotopic (exact) mass is 266 g/mol. The Labute approximate surface area is 109 Å². The van der Waals surface area contributed by atoms with Crippen LogP contribution in [0.5, 0.6) is 0 Å². The van der Waals surface area contributed by atoms with Crippen molar-refractivity contribution < 1.29 is 0 Å². The third kappa shape index (κ3) is 2.68. The highest BCUT2D eigenvalue weighted by Gasteiger charge is 2.07. The van der Waals surface area contributed by atoms with Gasteiger partial charge in [0.05, 0.1) is 0 Å². The van der Waals surface area contributed by atoms with Crippen LogP contribution in [0.4, 0.5) is 5.95 Å². The molecule has 0 fully saturated rings. The maximum Gasteiger partial charge on any atom is 0.224 e. The normalized spacial score (nSPS) is 10.5. The van der Waals surface area contributed by atoms with Crippen LogP contribution in [0.25, 0.3) is 11.4 Å². The highest BCUT2D eigenvalue weighted by atomic mass is 35.5. The molecule has 2 rings (SSSR count). The van der Waals surface area contributed by atoms with Crippen LogP contribution in [0.15, 0.2) is 23.4 Å². The minimum Gasteiger partial charge on any atom is -0.368 e. The quantitative estimate of drug-likeness (QED) is 0.847. The molecule has 1 aromatic heterocycles. The van der Waals surface area contributed by atoms with Crippen molar-refractivity contribution in [3.05, 3.63) is 28.8 Å². The second kappa shape index (κ2) is 4.89. The van der Waals surface area contributed by atoms with Gasteiger partial charge in [-0.1, -0.05) is 35.5 Å². The Kier molecular flexibility index (Phi) is 3.49. The van der Waals surface area contributed by atoms with Crippen LogP contribution in [0, 0.1) is 6.92 Å². The molecule has 0 unspecified atom stereocenters. The summed E-state index contributed by atoms with van der Waals surface area (Å²) in [6, 6.07) is 5.67. The van der Waals surface area contributed by atoms with E-state index in [1.807, 2.05) is 31.4 Å². The number of hydrogen-bond acceptors (Lipinski definition) is 5. The number of aryl methyl sites for hydroxylation is 1. The highest BCUT2D eigenvalue weighted by molar-refractivity contribution is 7.98. The van der Waals surface area contributed by atoms with Gasteiger partial charge >= 0.3 is 0 Å². The smallest absolute Gasteiger partial charge is 0.224 e. The maximum atomic E-state index is 6.07. The molecule has 1 aromatic carbocycles. The minimum absolute atomic E-state index is 0.219. The van der Waals surface area contributed by atoms with Crippen molar-refractivity contribution in [1.29, 1.82) is 0 Å². The average Bonchev–Trinajstić information content (AvgIpc) is 2.32. The Hall–Kier alpha value is -1.33. The Morgan fingerprint density at radius 3 is 2.65 bits per heavy atom. The number of rotatable bonds is 2. The number of nitrogen functional groups attached to an aromatic ring is 1. The molecular formula is C11H11ClN4S. The molecule has 0 aliphatic rings. The molecule has 0 saturated heterocycles. The molecular weight excluding hydrogens is 256 g/mol. The molecule has 0 amide bonds. The van der Waals surface area contributed by atoms with Crippen LogP contribution in [0.2, 0.25) is 5.02 Å². The molecule has 0 saturated carbocycles. The molecule has 2 N–H and O–H groups in total. The number of anilines is 1. The summed E-state index contributed by atoms with van der Waals surface area (Å²) >= 11 is 7.49. The summed E-state index contributed by atoms with van der Waals surface area (Å²) in [6.45, 7) is 1.95. The van der Waals surface area contributed by atoms with Crippen molar-refractivity contribution in [2.75, 3.05) is 12.0 Å². The second-order valence-corrected chi connectivity index (χ2v) is 4.65. The van der Waals surface area contributed by atoms with Gasteiger partial charge < -0.3 is 5.73 Å². The van der Waals surface area contributed by atoms with Gasteiger partial charge in [0, 0.05) is 10.6 Å². The van der Waals surface area contributed by atoms with E-state index in [0.717, 1.165) is 11.1 Å². The van der Waals surface area contributed by atoms with Gasteiger partial charge in [0.1, 0.15) is 0 Å². The summed E-state index contributed by atoms with van der Waals surface area (Å²) in [4.78, 5) is 12.4. The fourth-order valence-electron chi connectivity index (χ4n) is 1.32. The topological polar surface area (TPSA) is 64.7 Å². The van der Waals surface area contributed by atoms with Crippen molar-refractivity contribution in [3.63, 3.8) is 0 Å². The van der Waals surface area contributed by atoms with Gasteiger partial charge in [0.2, 0.25) is 5.95 Å². The summed E-state index contributed by atoms with van der Waals surface area (Å²) in [5.41, 5.74) is 7.49. The summed E-state index contributed by atoms with van der Waals surface area (Å²) < 4.78 is 0. The van der Waals surface area contributed by atoms with Gasteiger partial charge in [-0.05, 0) is 24.8 Å². The van der Waals surface area contributed by atoms with E-state index in [-0.39, 0.29) is 5.95 Å². The first-order valence-electron chi connectivity index (χ1n) is 4.92. The number of aromatic nitrogens is 3. The molecule has 0 radical (unpaired) electrons. The van der Waals surface area contributed by atoms with Gasteiger partial charge in [0.25, 0.3) is 0 Å². The van der Waals surface area contributed by atoms with E-state index in [2.05, 4.69) is 15.0 Å². The largest absolute Gasteiger partial charge is 0.368 e. The zero-order chi connectivity index (χ0) is 12.4. The number of nitrogens with zero attached hydrogens (tertiary/aromatic N) is 3. The van der Waals surface area contributed by atoms with Crippen LogP contribution >= 0.6 is 23.4 Å². The Bertz CT molecular complexity index is 559. The van der Waals surface area contributed by atoms with E-state index < -0.39 is 0 Å². The van der Waals surface area contributed by atoms with E-state index >= 15 is 0 Å². The standard InChI is InChI=1S/C11H11ClN4S/c1-6-3-4-7(5-8(6)12)9-14-10(13)16-11(15-9)17-2/h3-5H,1-2H3,(H2,13,14,15,16). The molecule has 2 aromatic rings. The summed E-state index contributed by atoms with van der Waals surface area (Å²) in [5, 5.41) is 1.29. The third-order valence-corrected chi connectivity index (χ3v) is 3.20. The van der Waals surface area contributed by atoms with E-state index in [1.54, 1.807) is 0 Å². The minimum atomic E-state index is 0.219. The predicted octanol–water partition coefficient (Wildman–Crippen LogP) is 2.80. The zero-order valence-corrected chi connectivity index (χ0v) is 11.0. The van der Waals surface area contributed by atoms with Gasteiger partial charge in [-0.15, -0.1) is 0 Å². The zero-order valence-electron chi connectivity index (χ0n) is 9.44. The average molecular weight is 267 g/mol. The van der Waals surface area contributed by atoms with E-state index in [9.17, 15) is 0 Å². The van der Waals surface area contributed by atoms with Crippen molar-refractivity contribution in [1.82, 2.24) is 15.0 Å². The Morgan fingerprint density at radius 1 is 1.24 bits per heavy atom. The summed E-state index contributed by atoms with van der Waals surface area (Å²) in [5.74, 6) is 0.764. The highest BCUT2D eigenvalue weighted by Crippen LogP contribution is 2.24. The fourth-order valence-corrected chi connectivity index (χ4v) is 1.87. The van der Waals surface area contributed by atoms with Gasteiger partial charge in [-0.25, -0.2) is 4.98 Å². The van der Waals surface area contributed by atoms with Gasteiger partial charge in [-0.3, -0.25) is 0 Å². The van der Waals surface area contributed by atoms with Crippen molar-refractivity contribution in [2.45, 2.75) is 12.1 Å². The number of nitrogens with two attached hydrogens (primary N) is 1. The molecule has 0 aliphatic heterocycles. The lowest BCUT2D eigenvalue weighted by Crippen LogP contribution is -2.01. The van der Waals surface area contributed by atoms with Crippen molar-refractivity contribution in [3.8, 4) is 11.4 Å². The first-order valence-corrected chi connectivity index (χ1v) is 6.52. The van der Waals surface area contributed by atoms with Crippen LogP contribution < -0.4 is 5.73 Å². The third-order valence-electron chi connectivity index (χ3n) is 2.24. The Morgan fingerprint density at radius 2 is 2.00 bits per heavy atom. The Balaban J connectivity index is 2.52. The van der Waals surface area contributed by atoms with Crippen LogP contribution in [0.3, 0.4) is 0 Å². The van der Waals surface area contributed by atoms with Gasteiger partial charge in [0.15, 0.2) is 11.0 Å². The lowest BCUT2D eigenvalue weighted by molar-refractivity contribution is 0.927. The molecule has 0 atom stereocenters. The maximum absolute atomic E-state index is 6.07. The summed E-state index contributed by atoms with van der Waals surface area (Å²) in [7, 11) is 0. The first kappa shape index (κ1) is 12.1.